The lowest BCUT2D eigenvalue weighted by atomic mass is 10.1. The number of hydrogen-bond donors (Lipinski definition) is 2. The van der Waals surface area contributed by atoms with Gasteiger partial charge >= 0.3 is 0 Å². The Morgan fingerprint density at radius 3 is 2.44 bits per heavy atom. The largest absolute Gasteiger partial charge is 0.497 e. The summed E-state index contributed by atoms with van der Waals surface area (Å²) in [7, 11) is 1.56. The van der Waals surface area contributed by atoms with Gasteiger partial charge in [-0.2, -0.15) is 0 Å². The molecule has 3 amide bonds. The Morgan fingerprint density at radius 1 is 1.15 bits per heavy atom. The summed E-state index contributed by atoms with van der Waals surface area (Å²) in [6.45, 7) is 0. The highest BCUT2D eigenvalue weighted by Gasteiger charge is 2.39. The van der Waals surface area contributed by atoms with Crippen LogP contribution >= 0.6 is 0 Å². The number of amides is 3. The molecule has 8 heteroatoms. The van der Waals surface area contributed by atoms with E-state index in [0.29, 0.717) is 11.4 Å². The number of benzene rings is 2. The van der Waals surface area contributed by atoms with Crippen LogP contribution < -0.4 is 20.5 Å². The number of ether oxygens (including phenoxy) is 1. The molecule has 0 radical (unpaired) electrons. The highest BCUT2D eigenvalue weighted by Crippen LogP contribution is 2.22. The minimum Gasteiger partial charge on any atom is -0.497 e. The van der Waals surface area contributed by atoms with Gasteiger partial charge in [-0.05, 0) is 42.0 Å². The van der Waals surface area contributed by atoms with Crippen molar-refractivity contribution in [3.05, 3.63) is 59.9 Å². The van der Waals surface area contributed by atoms with Crippen LogP contribution in [0.3, 0.4) is 0 Å². The third-order valence-electron chi connectivity index (χ3n) is 4.14. The third-order valence-corrected chi connectivity index (χ3v) is 4.14. The van der Waals surface area contributed by atoms with Crippen LogP contribution in [0.1, 0.15) is 12.0 Å². The van der Waals surface area contributed by atoms with Gasteiger partial charge in [0, 0.05) is 0 Å². The van der Waals surface area contributed by atoms with Crippen LogP contribution in [-0.2, 0) is 20.8 Å². The second kappa shape index (κ2) is 7.96. The Labute approximate surface area is 155 Å². The summed E-state index contributed by atoms with van der Waals surface area (Å²) in [5.74, 6) is -1.04. The molecule has 1 aliphatic rings. The number of rotatable bonds is 6. The maximum absolute atomic E-state index is 13.0. The van der Waals surface area contributed by atoms with Crippen molar-refractivity contribution in [1.82, 2.24) is 10.9 Å². The molecule has 1 fully saturated rings. The van der Waals surface area contributed by atoms with E-state index >= 15 is 0 Å². The summed E-state index contributed by atoms with van der Waals surface area (Å²) in [5.41, 5.74) is 6.13. The highest BCUT2D eigenvalue weighted by atomic mass is 19.1. The minimum atomic E-state index is -0.873. The Bertz CT molecular complexity index is 852. The van der Waals surface area contributed by atoms with Crippen LogP contribution in [0.4, 0.5) is 10.1 Å². The van der Waals surface area contributed by atoms with Crippen molar-refractivity contribution in [2.24, 2.45) is 0 Å². The first-order valence-electron chi connectivity index (χ1n) is 8.27. The zero-order valence-electron chi connectivity index (χ0n) is 14.6. The number of carbonyl (C=O) groups excluding carboxylic acids is 3. The fourth-order valence-electron chi connectivity index (χ4n) is 2.75. The molecule has 1 heterocycles. The molecule has 2 aromatic carbocycles. The minimum absolute atomic E-state index is 0.0982. The summed E-state index contributed by atoms with van der Waals surface area (Å²) in [6, 6.07) is 11.2. The number of anilines is 1. The lowest BCUT2D eigenvalue weighted by Crippen LogP contribution is -2.48. The van der Waals surface area contributed by atoms with Gasteiger partial charge in [0.15, 0.2) is 0 Å². The van der Waals surface area contributed by atoms with Crippen LogP contribution in [0.5, 0.6) is 5.75 Å². The lowest BCUT2D eigenvalue weighted by Gasteiger charge is -2.16. The summed E-state index contributed by atoms with van der Waals surface area (Å²) >= 11 is 0. The van der Waals surface area contributed by atoms with Gasteiger partial charge in [-0.3, -0.25) is 19.8 Å². The quantitative estimate of drug-likeness (QED) is 0.591. The van der Waals surface area contributed by atoms with Gasteiger partial charge in [0.05, 0.1) is 25.6 Å². The van der Waals surface area contributed by atoms with Gasteiger partial charge in [-0.25, -0.2) is 14.7 Å². The second-order valence-corrected chi connectivity index (χ2v) is 6.02. The molecule has 0 bridgehead atoms. The van der Waals surface area contributed by atoms with Crippen molar-refractivity contribution in [2.45, 2.75) is 18.9 Å². The molecule has 0 unspecified atom stereocenters. The molecule has 140 valence electrons. The SMILES string of the molecule is COc1ccc(CC(=O)NN[C@@H]2CC(=O)N(c3ccc(F)cc3)C2=O)cc1. The number of methoxy groups -OCH3 is 1. The number of hydrazine groups is 1. The van der Waals surface area contributed by atoms with Crippen molar-refractivity contribution in [1.29, 1.82) is 0 Å². The number of carbonyl (C=O) groups is 3. The molecule has 2 aromatic rings. The van der Waals surface area contributed by atoms with E-state index in [1.807, 2.05) is 0 Å². The van der Waals surface area contributed by atoms with E-state index in [1.165, 1.54) is 24.3 Å². The van der Waals surface area contributed by atoms with Gasteiger partial charge in [0.25, 0.3) is 5.91 Å². The molecular formula is C19H18FN3O4. The maximum atomic E-state index is 13.0. The lowest BCUT2D eigenvalue weighted by molar-refractivity contribution is -0.122. The molecule has 1 saturated heterocycles. The molecule has 0 saturated carbocycles. The summed E-state index contributed by atoms with van der Waals surface area (Å²) in [4.78, 5) is 37.6. The fraction of sp³-hybridized carbons (Fsp3) is 0.211. The summed E-state index contributed by atoms with van der Waals surface area (Å²) in [5, 5.41) is 0. The smallest absolute Gasteiger partial charge is 0.253 e. The van der Waals surface area contributed by atoms with Gasteiger partial charge in [0.1, 0.15) is 17.6 Å². The van der Waals surface area contributed by atoms with Gasteiger partial charge in [-0.15, -0.1) is 0 Å². The van der Waals surface area contributed by atoms with E-state index in [9.17, 15) is 18.8 Å². The van der Waals surface area contributed by atoms with Crippen LogP contribution in [0.15, 0.2) is 48.5 Å². The predicted octanol–water partition coefficient (Wildman–Crippen LogP) is 1.33. The Morgan fingerprint density at radius 2 is 1.81 bits per heavy atom. The van der Waals surface area contributed by atoms with Gasteiger partial charge in [-0.1, -0.05) is 12.1 Å². The molecule has 1 atom stereocenters. The predicted molar refractivity (Wildman–Crippen MR) is 95.3 cm³/mol. The van der Waals surface area contributed by atoms with Gasteiger partial charge in [0.2, 0.25) is 11.8 Å². The van der Waals surface area contributed by atoms with Crippen molar-refractivity contribution in [2.75, 3.05) is 12.0 Å². The fourth-order valence-corrected chi connectivity index (χ4v) is 2.75. The Balaban J connectivity index is 1.56. The summed E-state index contributed by atoms with van der Waals surface area (Å²) < 4.78 is 18.1. The molecule has 2 N–H and O–H groups in total. The normalized spacial score (nSPS) is 16.5. The van der Waals surface area contributed by atoms with Crippen LogP contribution in [0.25, 0.3) is 0 Å². The van der Waals surface area contributed by atoms with Crippen molar-refractivity contribution in [3.8, 4) is 5.75 Å². The average Bonchev–Trinajstić information content (AvgIpc) is 2.95. The standard InChI is InChI=1S/C19H18FN3O4/c1-27-15-8-2-12(3-9-15)10-17(24)22-21-16-11-18(25)23(19(16)26)14-6-4-13(20)5-7-14/h2-9,16,21H,10-11H2,1H3,(H,22,24)/t16-/m1/s1. The van der Waals surface area contributed by atoms with Crippen LogP contribution in [0, 0.1) is 5.82 Å². The second-order valence-electron chi connectivity index (χ2n) is 6.02. The molecule has 27 heavy (non-hydrogen) atoms. The van der Waals surface area contributed by atoms with Crippen molar-refractivity contribution >= 4 is 23.4 Å². The number of imide groups is 1. The van der Waals surface area contributed by atoms with E-state index in [-0.39, 0.29) is 18.7 Å². The third kappa shape index (κ3) is 4.29. The van der Waals surface area contributed by atoms with E-state index in [4.69, 9.17) is 4.74 Å². The average molecular weight is 371 g/mol. The van der Waals surface area contributed by atoms with Crippen LogP contribution in [-0.4, -0.2) is 30.9 Å². The first-order valence-corrected chi connectivity index (χ1v) is 8.27. The van der Waals surface area contributed by atoms with E-state index in [0.717, 1.165) is 10.5 Å². The number of hydrogen-bond acceptors (Lipinski definition) is 5. The molecule has 0 aromatic heterocycles. The highest BCUT2D eigenvalue weighted by molar-refractivity contribution is 6.22. The molecule has 0 aliphatic carbocycles. The monoisotopic (exact) mass is 371 g/mol. The Kier molecular flexibility index (Phi) is 5.46. The number of nitrogens with one attached hydrogen (secondary N) is 2. The zero-order valence-corrected chi connectivity index (χ0v) is 14.6. The maximum Gasteiger partial charge on any atom is 0.253 e. The van der Waals surface area contributed by atoms with Gasteiger partial charge < -0.3 is 4.74 Å². The van der Waals surface area contributed by atoms with Crippen molar-refractivity contribution < 1.29 is 23.5 Å². The zero-order chi connectivity index (χ0) is 19.4. The van der Waals surface area contributed by atoms with E-state index < -0.39 is 23.7 Å². The molecular weight excluding hydrogens is 353 g/mol. The molecule has 3 rings (SSSR count). The number of halogens is 1. The number of nitrogens with zero attached hydrogens (tertiary/aromatic N) is 1. The molecule has 0 spiro atoms. The topological polar surface area (TPSA) is 87.7 Å². The van der Waals surface area contributed by atoms with E-state index in [1.54, 1.807) is 31.4 Å². The van der Waals surface area contributed by atoms with Crippen LogP contribution in [0.2, 0.25) is 0 Å². The molecule has 7 nitrogen and oxygen atoms in total. The Hall–Kier alpha value is -3.26. The first kappa shape index (κ1) is 18.5. The van der Waals surface area contributed by atoms with E-state index in [2.05, 4.69) is 10.9 Å². The van der Waals surface area contributed by atoms with Crippen molar-refractivity contribution in [3.63, 3.8) is 0 Å². The first-order chi connectivity index (χ1) is 13.0. The molecule has 1 aliphatic heterocycles. The summed E-state index contributed by atoms with van der Waals surface area (Å²) in [6.07, 6.45) is 0.00650.